The number of para-hydroxylation sites is 1. The van der Waals surface area contributed by atoms with E-state index in [1.165, 1.54) is 16.5 Å². The Balaban J connectivity index is 0.00000182. The van der Waals surface area contributed by atoms with E-state index in [-0.39, 0.29) is 12.4 Å². The molecule has 1 aliphatic rings. The van der Waals surface area contributed by atoms with Crippen molar-refractivity contribution < 1.29 is 0 Å². The second kappa shape index (κ2) is 7.96. The maximum atomic E-state index is 6.05. The summed E-state index contributed by atoms with van der Waals surface area (Å²) in [5.41, 5.74) is 9.80. The maximum absolute atomic E-state index is 6.05. The van der Waals surface area contributed by atoms with E-state index < -0.39 is 0 Å². The fourth-order valence-corrected chi connectivity index (χ4v) is 3.87. The van der Waals surface area contributed by atoms with Gasteiger partial charge in [0.25, 0.3) is 0 Å². The lowest BCUT2D eigenvalue weighted by atomic mass is 9.89. The lowest BCUT2D eigenvalue weighted by Gasteiger charge is -2.17. The Hall–Kier alpha value is -1.94. The summed E-state index contributed by atoms with van der Waals surface area (Å²) in [5.74, 6) is 1.06. The second-order valence-corrected chi connectivity index (χ2v) is 6.74. The van der Waals surface area contributed by atoms with Gasteiger partial charge in [-0.1, -0.05) is 48.5 Å². The van der Waals surface area contributed by atoms with Gasteiger partial charge in [0.2, 0.25) is 0 Å². The second-order valence-electron chi connectivity index (χ2n) is 6.74. The van der Waals surface area contributed by atoms with Crippen molar-refractivity contribution in [3.63, 3.8) is 0 Å². The summed E-state index contributed by atoms with van der Waals surface area (Å²) in [4.78, 5) is 7.10. The third-order valence-electron chi connectivity index (χ3n) is 5.10. The molecule has 1 aliphatic heterocycles. The van der Waals surface area contributed by atoms with Gasteiger partial charge in [-0.25, -0.2) is 0 Å². The molecule has 130 valence electrons. The Morgan fingerprint density at radius 2 is 1.76 bits per heavy atom. The third-order valence-corrected chi connectivity index (χ3v) is 5.10. The molecule has 2 heterocycles. The van der Waals surface area contributed by atoms with Gasteiger partial charge in [-0.15, -0.1) is 12.4 Å². The molecule has 3 nitrogen and oxygen atoms in total. The van der Waals surface area contributed by atoms with Crippen LogP contribution in [-0.2, 0) is 6.54 Å². The molecular formula is C21H24ClN3. The molecule has 2 aromatic carbocycles. The van der Waals surface area contributed by atoms with E-state index in [9.17, 15) is 0 Å². The highest BCUT2D eigenvalue weighted by Gasteiger charge is 2.32. The van der Waals surface area contributed by atoms with Crippen molar-refractivity contribution in [3.05, 3.63) is 78.0 Å². The summed E-state index contributed by atoms with van der Waals surface area (Å²) in [5, 5.41) is 1.21. The monoisotopic (exact) mass is 353 g/mol. The number of benzene rings is 2. The van der Waals surface area contributed by atoms with Crippen LogP contribution in [0.2, 0.25) is 0 Å². The Kier molecular flexibility index (Phi) is 5.69. The van der Waals surface area contributed by atoms with Crippen molar-refractivity contribution in [3.8, 4) is 0 Å². The quantitative estimate of drug-likeness (QED) is 0.775. The van der Waals surface area contributed by atoms with Crippen LogP contribution in [0.25, 0.3) is 10.9 Å². The molecule has 0 aliphatic carbocycles. The molecule has 4 heteroatoms. The third kappa shape index (κ3) is 3.84. The summed E-state index contributed by atoms with van der Waals surface area (Å²) in [6.45, 7) is 3.81. The van der Waals surface area contributed by atoms with Gasteiger partial charge >= 0.3 is 0 Å². The molecule has 1 aromatic heterocycles. The van der Waals surface area contributed by atoms with Crippen molar-refractivity contribution >= 4 is 23.3 Å². The van der Waals surface area contributed by atoms with Crippen LogP contribution in [-0.4, -0.2) is 29.5 Å². The lowest BCUT2D eigenvalue weighted by Crippen LogP contribution is -2.23. The number of halogens is 1. The number of hydrogen-bond acceptors (Lipinski definition) is 3. The van der Waals surface area contributed by atoms with Crippen molar-refractivity contribution in [2.75, 3.05) is 19.6 Å². The molecule has 4 rings (SSSR count). The van der Waals surface area contributed by atoms with Crippen LogP contribution in [0.4, 0.5) is 0 Å². The first-order valence-electron chi connectivity index (χ1n) is 8.64. The molecular weight excluding hydrogens is 330 g/mol. The van der Waals surface area contributed by atoms with E-state index >= 15 is 0 Å². The molecule has 3 aromatic rings. The zero-order chi connectivity index (χ0) is 16.4. The van der Waals surface area contributed by atoms with E-state index in [0.29, 0.717) is 11.8 Å². The van der Waals surface area contributed by atoms with Crippen LogP contribution < -0.4 is 5.73 Å². The predicted molar refractivity (Wildman–Crippen MR) is 106 cm³/mol. The molecule has 0 spiro atoms. The SMILES string of the molecule is Cl.NC[C@@H]1CN(Cc2cnc3ccccc3c2)C[C@H]1c1ccccc1. The first kappa shape index (κ1) is 17.9. The summed E-state index contributed by atoms with van der Waals surface area (Å²) in [6.07, 6.45) is 2.01. The van der Waals surface area contributed by atoms with Crippen LogP contribution >= 0.6 is 12.4 Å². The van der Waals surface area contributed by atoms with Gasteiger partial charge in [0.05, 0.1) is 5.52 Å². The van der Waals surface area contributed by atoms with Crippen LogP contribution in [0.3, 0.4) is 0 Å². The van der Waals surface area contributed by atoms with Gasteiger partial charge in [-0.2, -0.15) is 0 Å². The Labute approximate surface area is 155 Å². The topological polar surface area (TPSA) is 42.1 Å². The van der Waals surface area contributed by atoms with Gasteiger partial charge < -0.3 is 5.73 Å². The van der Waals surface area contributed by atoms with E-state index in [1.54, 1.807) is 0 Å². The molecule has 2 N–H and O–H groups in total. The van der Waals surface area contributed by atoms with Gasteiger partial charge in [-0.05, 0) is 35.7 Å². The molecule has 0 amide bonds. The fourth-order valence-electron chi connectivity index (χ4n) is 3.87. The van der Waals surface area contributed by atoms with Crippen molar-refractivity contribution in [2.45, 2.75) is 12.5 Å². The van der Waals surface area contributed by atoms with Gasteiger partial charge in [0.15, 0.2) is 0 Å². The van der Waals surface area contributed by atoms with Crippen molar-refractivity contribution in [1.82, 2.24) is 9.88 Å². The van der Waals surface area contributed by atoms with E-state index in [2.05, 4.69) is 64.5 Å². The maximum Gasteiger partial charge on any atom is 0.0702 e. The summed E-state index contributed by atoms with van der Waals surface area (Å²) in [6, 6.07) is 21.3. The van der Waals surface area contributed by atoms with E-state index in [1.807, 2.05) is 12.3 Å². The highest BCUT2D eigenvalue weighted by atomic mass is 35.5. The molecule has 1 fully saturated rings. The zero-order valence-corrected chi connectivity index (χ0v) is 15.0. The summed E-state index contributed by atoms with van der Waals surface area (Å²) < 4.78 is 0. The zero-order valence-electron chi connectivity index (χ0n) is 14.2. The number of hydrogen-bond donors (Lipinski definition) is 1. The molecule has 0 saturated carbocycles. The van der Waals surface area contributed by atoms with Crippen molar-refractivity contribution in [1.29, 1.82) is 0 Å². The number of nitrogens with zero attached hydrogens (tertiary/aromatic N) is 2. The van der Waals surface area contributed by atoms with Gasteiger partial charge in [0.1, 0.15) is 0 Å². The number of pyridine rings is 1. The van der Waals surface area contributed by atoms with Crippen LogP contribution in [0, 0.1) is 5.92 Å². The molecule has 0 radical (unpaired) electrons. The van der Waals surface area contributed by atoms with Gasteiger partial charge in [-0.3, -0.25) is 9.88 Å². The van der Waals surface area contributed by atoms with Crippen LogP contribution in [0.15, 0.2) is 66.9 Å². The smallest absolute Gasteiger partial charge is 0.0702 e. The highest BCUT2D eigenvalue weighted by Crippen LogP contribution is 2.32. The molecule has 0 bridgehead atoms. The number of likely N-dealkylation sites (tertiary alicyclic amines) is 1. The average molecular weight is 354 g/mol. The number of rotatable bonds is 4. The minimum Gasteiger partial charge on any atom is -0.330 e. The van der Waals surface area contributed by atoms with E-state index in [4.69, 9.17) is 5.73 Å². The normalized spacial score (nSPS) is 20.5. The van der Waals surface area contributed by atoms with Gasteiger partial charge in [0, 0.05) is 37.1 Å². The number of fused-ring (bicyclic) bond motifs is 1. The first-order valence-corrected chi connectivity index (χ1v) is 8.64. The Morgan fingerprint density at radius 3 is 2.56 bits per heavy atom. The predicted octanol–water partition coefficient (Wildman–Crippen LogP) is 3.83. The molecule has 1 saturated heterocycles. The van der Waals surface area contributed by atoms with Crippen LogP contribution in [0.5, 0.6) is 0 Å². The number of aromatic nitrogens is 1. The van der Waals surface area contributed by atoms with Crippen molar-refractivity contribution in [2.24, 2.45) is 11.7 Å². The van der Waals surface area contributed by atoms with Crippen LogP contribution in [0.1, 0.15) is 17.0 Å². The molecule has 2 atom stereocenters. The summed E-state index contributed by atoms with van der Waals surface area (Å²) in [7, 11) is 0. The number of nitrogens with two attached hydrogens (primary N) is 1. The average Bonchev–Trinajstić information content (AvgIpc) is 3.05. The molecule has 0 unspecified atom stereocenters. The van der Waals surface area contributed by atoms with E-state index in [0.717, 1.165) is 31.7 Å². The standard InChI is InChI=1S/C21H23N3.ClH/c22-11-19-14-24(15-20(19)17-6-2-1-3-7-17)13-16-10-18-8-4-5-9-21(18)23-12-16;/h1-10,12,19-20H,11,13-15,22H2;1H/t19-,20+;/m1./s1. The lowest BCUT2D eigenvalue weighted by molar-refractivity contribution is 0.316. The largest absolute Gasteiger partial charge is 0.330 e. The molecule has 25 heavy (non-hydrogen) atoms. The summed E-state index contributed by atoms with van der Waals surface area (Å²) >= 11 is 0. The minimum atomic E-state index is 0. The Bertz CT molecular complexity index is 821. The Morgan fingerprint density at radius 1 is 1.00 bits per heavy atom. The minimum absolute atomic E-state index is 0. The fraction of sp³-hybridized carbons (Fsp3) is 0.286. The highest BCUT2D eigenvalue weighted by molar-refractivity contribution is 5.85. The first-order chi connectivity index (χ1) is 11.8.